The smallest absolute Gasteiger partial charge is 0.261 e. The quantitative estimate of drug-likeness (QED) is 0.520. The van der Waals surface area contributed by atoms with Crippen molar-refractivity contribution in [3.63, 3.8) is 0 Å². The van der Waals surface area contributed by atoms with Gasteiger partial charge in [0.2, 0.25) is 0 Å². The van der Waals surface area contributed by atoms with Gasteiger partial charge in [-0.3, -0.25) is 14.4 Å². The number of hydrogen-bond acceptors (Lipinski definition) is 5. The van der Waals surface area contributed by atoms with Crippen LogP contribution in [0.3, 0.4) is 0 Å². The van der Waals surface area contributed by atoms with Gasteiger partial charge in [-0.15, -0.1) is 0 Å². The number of anilines is 1. The van der Waals surface area contributed by atoms with Gasteiger partial charge in [0.1, 0.15) is 0 Å². The molecule has 3 aromatic rings. The molecular weight excluding hydrogens is 448 g/mol. The summed E-state index contributed by atoms with van der Waals surface area (Å²) in [6.07, 6.45) is 0. The summed E-state index contributed by atoms with van der Waals surface area (Å²) in [5.41, 5.74) is 1.93. The fourth-order valence-electron chi connectivity index (χ4n) is 3.95. The lowest BCUT2D eigenvalue weighted by molar-refractivity contribution is 0.0907. The third-order valence-corrected chi connectivity index (χ3v) is 7.39. The lowest BCUT2D eigenvalue weighted by Gasteiger charge is -2.35. The molecule has 2 N–H and O–H groups in total. The Hall–Kier alpha value is -3.20. The van der Waals surface area contributed by atoms with Crippen LogP contribution in [-0.4, -0.2) is 63.9 Å². The predicted molar refractivity (Wildman–Crippen MR) is 134 cm³/mol. The van der Waals surface area contributed by atoms with Crippen molar-refractivity contribution in [1.82, 2.24) is 15.1 Å². The molecule has 1 aliphatic heterocycles. The first-order valence-corrected chi connectivity index (χ1v) is 12.8. The average Bonchev–Trinajstić information content (AvgIpc) is 2.86. The lowest BCUT2D eigenvalue weighted by Crippen LogP contribution is -2.47. The molecule has 1 aliphatic rings. The van der Waals surface area contributed by atoms with Gasteiger partial charge in [0.15, 0.2) is 0 Å². The summed E-state index contributed by atoms with van der Waals surface area (Å²) in [4.78, 5) is 17.9. The molecule has 7 nitrogen and oxygen atoms in total. The molecule has 3 aromatic carbocycles. The first-order chi connectivity index (χ1) is 16.4. The molecule has 178 valence electrons. The summed E-state index contributed by atoms with van der Waals surface area (Å²) in [6, 6.07) is 24.5. The van der Waals surface area contributed by atoms with Gasteiger partial charge in [0, 0.05) is 44.0 Å². The van der Waals surface area contributed by atoms with E-state index in [-0.39, 0.29) is 16.8 Å². The highest BCUT2D eigenvalue weighted by Crippen LogP contribution is 2.19. The summed E-state index contributed by atoms with van der Waals surface area (Å²) < 4.78 is 27.6. The minimum atomic E-state index is -3.68. The fourth-order valence-corrected chi connectivity index (χ4v) is 5.03. The second kappa shape index (κ2) is 10.8. The van der Waals surface area contributed by atoms with E-state index in [1.54, 1.807) is 42.5 Å². The van der Waals surface area contributed by atoms with Crippen LogP contribution >= 0.6 is 0 Å². The average molecular weight is 479 g/mol. The van der Waals surface area contributed by atoms with Crippen LogP contribution in [0.5, 0.6) is 0 Å². The molecule has 0 aromatic heterocycles. The van der Waals surface area contributed by atoms with Gasteiger partial charge in [-0.2, -0.15) is 0 Å². The number of carbonyl (C=O) groups is 1. The van der Waals surface area contributed by atoms with E-state index < -0.39 is 10.0 Å². The summed E-state index contributed by atoms with van der Waals surface area (Å²) >= 11 is 0. The number of amides is 1. The second-order valence-corrected chi connectivity index (χ2v) is 10.2. The molecule has 0 radical (unpaired) electrons. The van der Waals surface area contributed by atoms with Crippen molar-refractivity contribution < 1.29 is 13.2 Å². The summed E-state index contributed by atoms with van der Waals surface area (Å²) in [5.74, 6) is -0.194. The Balaban J connectivity index is 1.44. The largest absolute Gasteiger partial charge is 0.344 e. The van der Waals surface area contributed by atoms with E-state index in [9.17, 15) is 13.2 Å². The Morgan fingerprint density at radius 1 is 0.853 bits per heavy atom. The molecule has 4 rings (SSSR count). The number of nitrogens with one attached hydrogen (secondary N) is 2. The molecular formula is C26H30N4O3S. The minimum Gasteiger partial charge on any atom is -0.344 e. The topological polar surface area (TPSA) is 81.8 Å². The SMILES string of the molecule is CN1CCN(CC(NC(=O)c2ccc(NS(=O)(=O)c3ccccc3)cc2)c2ccccc2)CC1. The highest BCUT2D eigenvalue weighted by atomic mass is 32.2. The van der Waals surface area contributed by atoms with Crippen LogP contribution in [0.15, 0.2) is 89.8 Å². The van der Waals surface area contributed by atoms with Gasteiger partial charge < -0.3 is 10.2 Å². The summed E-state index contributed by atoms with van der Waals surface area (Å²) in [5, 5.41) is 3.17. The first-order valence-electron chi connectivity index (χ1n) is 11.4. The van der Waals surface area contributed by atoms with Crippen molar-refractivity contribution in [2.75, 3.05) is 44.5 Å². The Kier molecular flexibility index (Phi) is 7.62. The van der Waals surface area contributed by atoms with Crippen molar-refractivity contribution in [1.29, 1.82) is 0 Å². The zero-order valence-corrected chi connectivity index (χ0v) is 20.0. The zero-order chi connectivity index (χ0) is 24.0. The number of carbonyl (C=O) groups excluding carboxylic acids is 1. The van der Waals surface area contributed by atoms with E-state index in [1.165, 1.54) is 12.1 Å². The number of sulfonamides is 1. The molecule has 0 saturated carbocycles. The van der Waals surface area contributed by atoms with Gasteiger partial charge in [0.05, 0.1) is 10.9 Å². The van der Waals surface area contributed by atoms with Crippen molar-refractivity contribution in [3.8, 4) is 0 Å². The van der Waals surface area contributed by atoms with E-state index in [1.807, 2.05) is 30.3 Å². The van der Waals surface area contributed by atoms with Crippen LogP contribution in [0.1, 0.15) is 22.0 Å². The number of rotatable bonds is 8. The van der Waals surface area contributed by atoms with E-state index in [0.717, 1.165) is 38.3 Å². The first kappa shape index (κ1) is 23.9. The van der Waals surface area contributed by atoms with Crippen molar-refractivity contribution in [2.24, 2.45) is 0 Å². The third-order valence-electron chi connectivity index (χ3n) is 6.00. The third kappa shape index (κ3) is 6.22. The van der Waals surface area contributed by atoms with Gasteiger partial charge >= 0.3 is 0 Å². The maximum absolute atomic E-state index is 13.1. The molecule has 1 heterocycles. The molecule has 8 heteroatoms. The van der Waals surface area contributed by atoms with Gasteiger partial charge in [-0.1, -0.05) is 48.5 Å². The highest BCUT2D eigenvalue weighted by molar-refractivity contribution is 7.92. The predicted octanol–water partition coefficient (Wildman–Crippen LogP) is 3.21. The minimum absolute atomic E-state index is 0.145. The van der Waals surface area contributed by atoms with E-state index in [4.69, 9.17) is 0 Å². The highest BCUT2D eigenvalue weighted by Gasteiger charge is 2.22. The Bertz CT molecular complexity index is 1180. The van der Waals surface area contributed by atoms with Crippen LogP contribution in [-0.2, 0) is 10.0 Å². The molecule has 1 fully saturated rings. The monoisotopic (exact) mass is 478 g/mol. The van der Waals surface area contributed by atoms with Crippen LogP contribution in [0.25, 0.3) is 0 Å². The molecule has 0 bridgehead atoms. The van der Waals surface area contributed by atoms with E-state index >= 15 is 0 Å². The van der Waals surface area contributed by atoms with E-state index in [0.29, 0.717) is 11.3 Å². The number of nitrogens with zero attached hydrogens (tertiary/aromatic N) is 2. The van der Waals surface area contributed by atoms with Crippen LogP contribution in [0.4, 0.5) is 5.69 Å². The van der Waals surface area contributed by atoms with Crippen molar-refractivity contribution in [2.45, 2.75) is 10.9 Å². The molecule has 1 unspecified atom stereocenters. The fraction of sp³-hybridized carbons (Fsp3) is 0.269. The maximum Gasteiger partial charge on any atom is 0.261 e. The Morgan fingerprint density at radius 2 is 1.44 bits per heavy atom. The van der Waals surface area contributed by atoms with Gasteiger partial charge in [-0.25, -0.2) is 8.42 Å². The zero-order valence-electron chi connectivity index (χ0n) is 19.2. The molecule has 0 spiro atoms. The molecule has 1 saturated heterocycles. The molecule has 34 heavy (non-hydrogen) atoms. The van der Waals surface area contributed by atoms with Gasteiger partial charge in [-0.05, 0) is 49.0 Å². The van der Waals surface area contributed by atoms with E-state index in [2.05, 4.69) is 26.9 Å². The standard InChI is InChI=1S/C26H30N4O3S/c1-29-16-18-30(19-17-29)20-25(21-8-4-2-5-9-21)27-26(31)22-12-14-23(15-13-22)28-34(32,33)24-10-6-3-7-11-24/h2-15,25,28H,16-20H2,1H3,(H,27,31). The number of benzene rings is 3. The van der Waals surface area contributed by atoms with Crippen LogP contribution in [0, 0.1) is 0 Å². The number of likely N-dealkylation sites (N-methyl/N-ethyl adjacent to an activating group) is 1. The molecule has 0 aliphatic carbocycles. The molecule has 1 amide bonds. The summed E-state index contributed by atoms with van der Waals surface area (Å²) in [6.45, 7) is 4.68. The Morgan fingerprint density at radius 3 is 2.06 bits per heavy atom. The second-order valence-electron chi connectivity index (χ2n) is 8.54. The lowest BCUT2D eigenvalue weighted by atomic mass is 10.0. The maximum atomic E-state index is 13.1. The van der Waals surface area contributed by atoms with Crippen molar-refractivity contribution >= 4 is 21.6 Å². The Labute approximate surface area is 201 Å². The summed E-state index contributed by atoms with van der Waals surface area (Å²) in [7, 11) is -1.56. The number of hydrogen-bond donors (Lipinski definition) is 2. The normalized spacial score (nSPS) is 16.0. The van der Waals surface area contributed by atoms with Gasteiger partial charge in [0.25, 0.3) is 15.9 Å². The van der Waals surface area contributed by atoms with Crippen molar-refractivity contribution in [3.05, 3.63) is 96.1 Å². The van der Waals surface area contributed by atoms with Crippen LogP contribution < -0.4 is 10.0 Å². The number of piperazine rings is 1. The van der Waals surface area contributed by atoms with Crippen LogP contribution in [0.2, 0.25) is 0 Å². The molecule has 1 atom stereocenters.